The van der Waals surface area contributed by atoms with Gasteiger partial charge in [0.15, 0.2) is 0 Å². The summed E-state index contributed by atoms with van der Waals surface area (Å²) in [5.74, 6) is 0. The van der Waals surface area contributed by atoms with Crippen molar-refractivity contribution >= 4 is 0 Å². The van der Waals surface area contributed by atoms with Crippen LogP contribution in [0.5, 0.6) is 0 Å². The highest BCUT2D eigenvalue weighted by Gasteiger charge is 2.33. The highest BCUT2D eigenvalue weighted by Crippen LogP contribution is 2.27. The van der Waals surface area contributed by atoms with Crippen molar-refractivity contribution in [3.8, 4) is 0 Å². The topological polar surface area (TPSA) is 0 Å². The molecule has 2 rings (SSSR count). The van der Waals surface area contributed by atoms with Crippen molar-refractivity contribution in [3.05, 3.63) is 12.2 Å². The van der Waals surface area contributed by atoms with Crippen LogP contribution in [0, 0.1) is 0 Å². The first-order chi connectivity index (χ1) is 7.31. The third kappa shape index (κ3) is 3.73. The molecule has 0 bridgehead atoms. The lowest BCUT2D eigenvalue weighted by Gasteiger charge is -2.44. The predicted molar refractivity (Wildman–Crippen MR) is 65.8 cm³/mol. The van der Waals surface area contributed by atoms with E-state index in [0.717, 1.165) is 6.04 Å². The van der Waals surface area contributed by atoms with Crippen LogP contribution in [0.1, 0.15) is 51.4 Å². The van der Waals surface area contributed by atoms with Gasteiger partial charge in [0.05, 0.1) is 26.2 Å². The maximum absolute atomic E-state index is 2.51. The summed E-state index contributed by atoms with van der Waals surface area (Å²) in [7, 11) is 2.51. The van der Waals surface area contributed by atoms with Crippen LogP contribution in [-0.2, 0) is 0 Å². The summed E-state index contributed by atoms with van der Waals surface area (Å²) in [5.41, 5.74) is 0. The highest BCUT2D eigenvalue weighted by atomic mass is 127. The quantitative estimate of drug-likeness (QED) is 0.372. The zero-order valence-corrected chi connectivity index (χ0v) is 12.8. The average Bonchev–Trinajstić information content (AvgIpc) is 2.17. The lowest BCUT2D eigenvalue weighted by atomic mass is 9.95. The molecular formula is C14H26IN. The van der Waals surface area contributed by atoms with Gasteiger partial charge in [0.2, 0.25) is 0 Å². The van der Waals surface area contributed by atoms with E-state index in [-0.39, 0.29) is 24.0 Å². The summed E-state index contributed by atoms with van der Waals surface area (Å²) in [4.78, 5) is 0. The molecule has 1 fully saturated rings. The number of rotatable bonds is 1. The third-order valence-corrected chi connectivity index (χ3v) is 4.46. The molecule has 1 atom stereocenters. The third-order valence-electron chi connectivity index (χ3n) is 4.46. The monoisotopic (exact) mass is 335 g/mol. The number of halogens is 1. The van der Waals surface area contributed by atoms with Crippen LogP contribution in [0.4, 0.5) is 0 Å². The molecule has 0 aromatic carbocycles. The van der Waals surface area contributed by atoms with Crippen LogP contribution in [0.2, 0.25) is 0 Å². The van der Waals surface area contributed by atoms with Crippen molar-refractivity contribution in [2.75, 3.05) is 20.1 Å². The maximum atomic E-state index is 2.51. The Bertz CT molecular complexity index is 219. The van der Waals surface area contributed by atoms with E-state index in [1.165, 1.54) is 68.9 Å². The Hall–Kier alpha value is 0.430. The molecule has 0 spiro atoms. The lowest BCUT2D eigenvalue weighted by Crippen LogP contribution is -3.00. The molecular weight excluding hydrogens is 309 g/mol. The first kappa shape index (κ1) is 14.5. The zero-order valence-electron chi connectivity index (χ0n) is 10.6. The highest BCUT2D eigenvalue weighted by molar-refractivity contribution is 4.85. The van der Waals surface area contributed by atoms with Crippen LogP contribution >= 0.6 is 0 Å². The molecule has 0 N–H and O–H groups in total. The molecule has 1 unspecified atom stereocenters. The van der Waals surface area contributed by atoms with Gasteiger partial charge in [-0.3, -0.25) is 0 Å². The van der Waals surface area contributed by atoms with E-state index in [9.17, 15) is 0 Å². The van der Waals surface area contributed by atoms with E-state index in [4.69, 9.17) is 0 Å². The van der Waals surface area contributed by atoms with Crippen LogP contribution in [0.25, 0.3) is 0 Å². The average molecular weight is 335 g/mol. The van der Waals surface area contributed by atoms with Crippen molar-refractivity contribution in [2.24, 2.45) is 0 Å². The minimum Gasteiger partial charge on any atom is -1.00 e. The van der Waals surface area contributed by atoms with E-state index in [2.05, 4.69) is 19.2 Å². The predicted octanol–water partition coefficient (Wildman–Crippen LogP) is 0.510. The van der Waals surface area contributed by atoms with Gasteiger partial charge < -0.3 is 28.5 Å². The molecule has 2 heteroatoms. The number of piperidine rings is 1. The molecule has 1 heterocycles. The summed E-state index contributed by atoms with van der Waals surface area (Å²) in [5, 5.41) is 0. The Balaban J connectivity index is 0.00000128. The smallest absolute Gasteiger partial charge is 0.0891 e. The number of likely N-dealkylation sites (tertiary alicyclic amines) is 1. The van der Waals surface area contributed by atoms with Gasteiger partial charge >= 0.3 is 0 Å². The van der Waals surface area contributed by atoms with Crippen LogP contribution < -0.4 is 24.0 Å². The summed E-state index contributed by atoms with van der Waals surface area (Å²) in [6.45, 7) is 2.88. The fraction of sp³-hybridized carbons (Fsp3) is 0.857. The van der Waals surface area contributed by atoms with Crippen molar-refractivity contribution in [2.45, 2.75) is 57.4 Å². The molecule has 0 saturated carbocycles. The second-order valence-corrected chi connectivity index (χ2v) is 5.62. The molecule has 94 valence electrons. The van der Waals surface area contributed by atoms with Gasteiger partial charge in [0.1, 0.15) is 0 Å². The largest absolute Gasteiger partial charge is 1.00 e. The summed E-state index contributed by atoms with van der Waals surface area (Å²) in [6.07, 6.45) is 16.1. The van der Waals surface area contributed by atoms with E-state index in [1.807, 2.05) is 0 Å². The summed E-state index contributed by atoms with van der Waals surface area (Å²) >= 11 is 0. The minimum atomic E-state index is 0. The molecule has 1 aliphatic carbocycles. The van der Waals surface area contributed by atoms with E-state index < -0.39 is 0 Å². The molecule has 0 aromatic heterocycles. The molecule has 1 saturated heterocycles. The second kappa shape index (κ2) is 7.00. The molecule has 0 aromatic rings. The standard InChI is InChI=1S/C14H26N.HI/c1-15(12-8-5-9-13-15)14-10-6-3-2-4-7-11-14;/h2-3,14H,4-13H2,1H3;1H/q+1;/p-1/b3-2-;. The second-order valence-electron chi connectivity index (χ2n) is 5.62. The number of hydrogen-bond acceptors (Lipinski definition) is 0. The molecule has 0 radical (unpaired) electrons. The Morgan fingerprint density at radius 3 is 2.31 bits per heavy atom. The Labute approximate surface area is 118 Å². The van der Waals surface area contributed by atoms with Gasteiger partial charge in [-0.2, -0.15) is 0 Å². The fourth-order valence-electron chi connectivity index (χ4n) is 3.36. The maximum Gasteiger partial charge on any atom is 0.0891 e. The number of allylic oxidation sites excluding steroid dienone is 2. The Morgan fingerprint density at radius 1 is 0.875 bits per heavy atom. The summed E-state index contributed by atoms with van der Waals surface area (Å²) in [6, 6.07) is 0.954. The first-order valence-electron chi connectivity index (χ1n) is 6.80. The first-order valence-corrected chi connectivity index (χ1v) is 6.80. The van der Waals surface area contributed by atoms with Crippen molar-refractivity contribution in [1.29, 1.82) is 0 Å². The molecule has 1 nitrogen and oxygen atoms in total. The van der Waals surface area contributed by atoms with Crippen molar-refractivity contribution in [1.82, 2.24) is 0 Å². The van der Waals surface area contributed by atoms with Crippen LogP contribution in [0.3, 0.4) is 0 Å². The SMILES string of the molecule is C[N+]1(C2CC/C=C\CCC2)CCCCC1.[I-]. The molecule has 0 amide bonds. The minimum absolute atomic E-state index is 0. The van der Waals surface area contributed by atoms with Gasteiger partial charge in [0.25, 0.3) is 0 Å². The van der Waals surface area contributed by atoms with Crippen molar-refractivity contribution < 1.29 is 28.5 Å². The lowest BCUT2D eigenvalue weighted by molar-refractivity contribution is -0.938. The Morgan fingerprint density at radius 2 is 1.56 bits per heavy atom. The normalized spacial score (nSPS) is 31.9. The molecule has 1 aliphatic heterocycles. The number of quaternary nitrogens is 1. The Kier molecular flexibility index (Phi) is 6.34. The van der Waals surface area contributed by atoms with Crippen LogP contribution in [0.15, 0.2) is 12.2 Å². The molecule has 16 heavy (non-hydrogen) atoms. The van der Waals surface area contributed by atoms with Gasteiger partial charge in [0, 0.05) is 6.42 Å². The number of hydrogen-bond donors (Lipinski definition) is 0. The molecule has 2 aliphatic rings. The van der Waals surface area contributed by atoms with E-state index in [0.29, 0.717) is 0 Å². The summed E-state index contributed by atoms with van der Waals surface area (Å²) < 4.78 is 1.38. The van der Waals surface area contributed by atoms with Gasteiger partial charge in [-0.25, -0.2) is 0 Å². The zero-order chi connectivity index (χ0) is 10.6. The number of nitrogens with zero attached hydrogens (tertiary/aromatic N) is 1. The van der Waals surface area contributed by atoms with Gasteiger partial charge in [-0.15, -0.1) is 0 Å². The van der Waals surface area contributed by atoms with Crippen molar-refractivity contribution in [3.63, 3.8) is 0 Å². The van der Waals surface area contributed by atoms with Gasteiger partial charge in [-0.1, -0.05) is 12.2 Å². The van der Waals surface area contributed by atoms with E-state index >= 15 is 0 Å². The van der Waals surface area contributed by atoms with E-state index in [1.54, 1.807) is 0 Å². The van der Waals surface area contributed by atoms with Crippen LogP contribution in [-0.4, -0.2) is 30.7 Å². The fourth-order valence-corrected chi connectivity index (χ4v) is 3.36. The van der Waals surface area contributed by atoms with Gasteiger partial charge in [-0.05, 0) is 44.9 Å².